The van der Waals surface area contributed by atoms with E-state index in [1.165, 1.54) is 50.6 Å². The summed E-state index contributed by atoms with van der Waals surface area (Å²) in [5, 5.41) is 3.71. The number of para-hydroxylation sites is 1. The van der Waals surface area contributed by atoms with Crippen LogP contribution in [-0.4, -0.2) is 19.7 Å². The lowest BCUT2D eigenvalue weighted by Gasteiger charge is -2.21. The first-order valence-corrected chi connectivity index (χ1v) is 7.72. The fraction of sp³-hybridized carbons (Fsp3) is 0.647. The summed E-state index contributed by atoms with van der Waals surface area (Å²) in [5.74, 6) is 2.76. The fourth-order valence-corrected chi connectivity index (χ4v) is 3.41. The molecule has 1 N–H and O–H groups in total. The molecule has 0 saturated heterocycles. The smallest absolute Gasteiger partial charge is 0.122 e. The highest BCUT2D eigenvalue weighted by atomic mass is 16.5. The topological polar surface area (TPSA) is 21.3 Å². The van der Waals surface area contributed by atoms with Crippen molar-refractivity contribution < 1.29 is 4.74 Å². The number of hydrogen-bond acceptors (Lipinski definition) is 2. The van der Waals surface area contributed by atoms with Crippen molar-refractivity contribution in [2.45, 2.75) is 44.6 Å². The van der Waals surface area contributed by atoms with Gasteiger partial charge in [-0.15, -0.1) is 0 Å². The zero-order valence-corrected chi connectivity index (χ0v) is 11.9. The van der Waals surface area contributed by atoms with Gasteiger partial charge in [-0.1, -0.05) is 24.6 Å². The van der Waals surface area contributed by atoms with E-state index >= 15 is 0 Å². The Labute approximate surface area is 116 Å². The van der Waals surface area contributed by atoms with Crippen molar-refractivity contribution in [3.8, 4) is 5.75 Å². The predicted molar refractivity (Wildman–Crippen MR) is 78.6 cm³/mol. The molecule has 2 unspecified atom stereocenters. The molecule has 1 aromatic rings. The van der Waals surface area contributed by atoms with Crippen LogP contribution in [-0.2, 0) is 6.42 Å². The van der Waals surface area contributed by atoms with Crippen LogP contribution in [0.15, 0.2) is 24.3 Å². The molecule has 19 heavy (non-hydrogen) atoms. The Morgan fingerprint density at radius 3 is 2.68 bits per heavy atom. The fourth-order valence-electron chi connectivity index (χ4n) is 3.41. The molecular weight excluding hydrogens is 234 g/mol. The standard InChI is InChI=1S/C17H25NO/c1-19-17-8-3-2-5-14(17)11-13-6-4-7-15(13)12-18-16-9-10-16/h2-3,5,8,13,15-16,18H,4,6-7,9-12H2,1H3. The largest absolute Gasteiger partial charge is 0.496 e. The lowest BCUT2D eigenvalue weighted by atomic mass is 9.89. The SMILES string of the molecule is COc1ccccc1CC1CCCC1CNC1CC1. The summed E-state index contributed by atoms with van der Waals surface area (Å²) in [4.78, 5) is 0. The van der Waals surface area contributed by atoms with E-state index in [-0.39, 0.29) is 0 Å². The minimum Gasteiger partial charge on any atom is -0.496 e. The molecule has 0 bridgehead atoms. The summed E-state index contributed by atoms with van der Waals surface area (Å²) < 4.78 is 5.48. The van der Waals surface area contributed by atoms with Crippen molar-refractivity contribution in [2.75, 3.05) is 13.7 Å². The maximum absolute atomic E-state index is 5.48. The summed E-state index contributed by atoms with van der Waals surface area (Å²) in [6.07, 6.45) is 8.15. The van der Waals surface area contributed by atoms with E-state index in [0.717, 1.165) is 23.6 Å². The third kappa shape index (κ3) is 3.30. The quantitative estimate of drug-likeness (QED) is 0.845. The Kier molecular flexibility index (Phi) is 4.07. The third-order valence-electron chi connectivity index (χ3n) is 4.74. The van der Waals surface area contributed by atoms with Crippen LogP contribution < -0.4 is 10.1 Å². The lowest BCUT2D eigenvalue weighted by Crippen LogP contribution is -2.27. The van der Waals surface area contributed by atoms with E-state index in [1.807, 2.05) is 0 Å². The molecule has 1 aromatic carbocycles. The van der Waals surface area contributed by atoms with Crippen LogP contribution in [0.2, 0.25) is 0 Å². The van der Waals surface area contributed by atoms with Crippen molar-refractivity contribution in [3.05, 3.63) is 29.8 Å². The van der Waals surface area contributed by atoms with Crippen molar-refractivity contribution >= 4 is 0 Å². The van der Waals surface area contributed by atoms with E-state index < -0.39 is 0 Å². The molecule has 0 amide bonds. The summed E-state index contributed by atoms with van der Waals surface area (Å²) >= 11 is 0. The van der Waals surface area contributed by atoms with Gasteiger partial charge in [-0.05, 0) is 62.1 Å². The summed E-state index contributed by atoms with van der Waals surface area (Å²) in [7, 11) is 1.78. The molecule has 2 atom stereocenters. The molecule has 2 aliphatic rings. The zero-order valence-electron chi connectivity index (χ0n) is 11.9. The van der Waals surface area contributed by atoms with Crippen LogP contribution in [0.3, 0.4) is 0 Å². The van der Waals surface area contributed by atoms with Gasteiger partial charge in [-0.3, -0.25) is 0 Å². The average molecular weight is 259 g/mol. The Morgan fingerprint density at radius 1 is 1.11 bits per heavy atom. The Bertz CT molecular complexity index is 413. The van der Waals surface area contributed by atoms with E-state index in [9.17, 15) is 0 Å². The van der Waals surface area contributed by atoms with Crippen molar-refractivity contribution in [1.29, 1.82) is 0 Å². The van der Waals surface area contributed by atoms with Crippen molar-refractivity contribution in [1.82, 2.24) is 5.32 Å². The van der Waals surface area contributed by atoms with Crippen LogP contribution in [0.4, 0.5) is 0 Å². The molecule has 2 saturated carbocycles. The average Bonchev–Trinajstić information content (AvgIpc) is 3.17. The van der Waals surface area contributed by atoms with Gasteiger partial charge < -0.3 is 10.1 Å². The Balaban J connectivity index is 1.60. The number of nitrogens with one attached hydrogen (secondary N) is 1. The number of methoxy groups -OCH3 is 1. The van der Waals surface area contributed by atoms with E-state index in [0.29, 0.717) is 0 Å². The number of rotatable bonds is 6. The van der Waals surface area contributed by atoms with Gasteiger partial charge in [0.15, 0.2) is 0 Å². The number of hydrogen-bond donors (Lipinski definition) is 1. The van der Waals surface area contributed by atoms with E-state index in [1.54, 1.807) is 7.11 Å². The molecule has 2 nitrogen and oxygen atoms in total. The maximum atomic E-state index is 5.48. The highest BCUT2D eigenvalue weighted by Gasteiger charge is 2.30. The second-order valence-electron chi connectivity index (χ2n) is 6.15. The van der Waals surface area contributed by atoms with Gasteiger partial charge in [0.25, 0.3) is 0 Å². The van der Waals surface area contributed by atoms with Crippen LogP contribution in [0.1, 0.15) is 37.7 Å². The van der Waals surface area contributed by atoms with E-state index in [4.69, 9.17) is 4.74 Å². The highest BCUT2D eigenvalue weighted by Crippen LogP contribution is 2.36. The highest BCUT2D eigenvalue weighted by molar-refractivity contribution is 5.33. The van der Waals surface area contributed by atoms with Crippen LogP contribution in [0.5, 0.6) is 5.75 Å². The molecular formula is C17H25NO. The molecule has 2 fully saturated rings. The van der Waals surface area contributed by atoms with Gasteiger partial charge in [-0.25, -0.2) is 0 Å². The van der Waals surface area contributed by atoms with E-state index in [2.05, 4.69) is 29.6 Å². The third-order valence-corrected chi connectivity index (χ3v) is 4.74. The summed E-state index contributed by atoms with van der Waals surface area (Å²) in [6.45, 7) is 1.23. The molecule has 0 radical (unpaired) electrons. The van der Waals surface area contributed by atoms with Crippen LogP contribution >= 0.6 is 0 Å². The monoisotopic (exact) mass is 259 g/mol. The van der Waals surface area contributed by atoms with Crippen molar-refractivity contribution in [3.63, 3.8) is 0 Å². The second kappa shape index (κ2) is 5.96. The van der Waals surface area contributed by atoms with Crippen molar-refractivity contribution in [2.24, 2.45) is 11.8 Å². The molecule has 2 heteroatoms. The van der Waals surface area contributed by atoms with Crippen LogP contribution in [0.25, 0.3) is 0 Å². The molecule has 0 aromatic heterocycles. The minimum atomic E-state index is 0.836. The van der Waals surface area contributed by atoms with Gasteiger partial charge in [-0.2, -0.15) is 0 Å². The first kappa shape index (κ1) is 13.0. The Hall–Kier alpha value is -1.02. The van der Waals surface area contributed by atoms with Gasteiger partial charge in [0, 0.05) is 6.04 Å². The maximum Gasteiger partial charge on any atom is 0.122 e. The molecule has 2 aliphatic carbocycles. The summed E-state index contributed by atoms with van der Waals surface area (Å²) in [5.41, 5.74) is 1.38. The predicted octanol–water partition coefficient (Wildman–Crippen LogP) is 3.41. The number of benzene rings is 1. The molecule has 0 heterocycles. The molecule has 104 valence electrons. The first-order valence-electron chi connectivity index (χ1n) is 7.72. The molecule has 3 rings (SSSR count). The normalized spacial score (nSPS) is 26.6. The van der Waals surface area contributed by atoms with Gasteiger partial charge in [0.2, 0.25) is 0 Å². The zero-order chi connectivity index (χ0) is 13.1. The second-order valence-corrected chi connectivity index (χ2v) is 6.15. The molecule has 0 aliphatic heterocycles. The summed E-state index contributed by atoms with van der Waals surface area (Å²) in [6, 6.07) is 9.34. The molecule has 0 spiro atoms. The van der Waals surface area contributed by atoms with Gasteiger partial charge >= 0.3 is 0 Å². The van der Waals surface area contributed by atoms with Gasteiger partial charge in [0.05, 0.1) is 7.11 Å². The van der Waals surface area contributed by atoms with Gasteiger partial charge in [0.1, 0.15) is 5.75 Å². The Morgan fingerprint density at radius 2 is 1.89 bits per heavy atom. The first-order chi connectivity index (χ1) is 9.36. The minimum absolute atomic E-state index is 0.836. The van der Waals surface area contributed by atoms with Crippen LogP contribution in [0, 0.1) is 11.8 Å². The lowest BCUT2D eigenvalue weighted by molar-refractivity contribution is 0.354. The number of ether oxygens (including phenoxy) is 1.